The molecule has 2 N–H and O–H groups in total. The average molecular weight is 311 g/mol. The maximum atomic E-state index is 11.6. The molecule has 2 aromatic carbocycles. The van der Waals surface area contributed by atoms with Crippen molar-refractivity contribution < 1.29 is 14.7 Å². The Labute approximate surface area is 131 Å². The molecule has 0 saturated carbocycles. The van der Waals surface area contributed by atoms with Gasteiger partial charge in [0, 0.05) is 5.56 Å². The van der Waals surface area contributed by atoms with E-state index in [1.165, 1.54) is 6.08 Å². The molecule has 0 unspecified atom stereocenters. The first-order chi connectivity index (χ1) is 10.6. The van der Waals surface area contributed by atoms with Gasteiger partial charge >= 0.3 is 0 Å². The number of imide groups is 1. The molecule has 22 heavy (non-hydrogen) atoms. The van der Waals surface area contributed by atoms with Crippen LogP contribution in [0.2, 0.25) is 0 Å². The molecule has 2 aromatic rings. The van der Waals surface area contributed by atoms with Crippen LogP contribution in [0.1, 0.15) is 16.7 Å². The minimum absolute atomic E-state index is 0.0806. The summed E-state index contributed by atoms with van der Waals surface area (Å²) in [5.74, 6) is -0.347. The van der Waals surface area contributed by atoms with Crippen molar-refractivity contribution in [2.75, 3.05) is 0 Å². The minimum Gasteiger partial charge on any atom is -0.507 e. The van der Waals surface area contributed by atoms with Crippen molar-refractivity contribution in [3.63, 3.8) is 0 Å². The molecule has 1 saturated heterocycles. The second-order valence-corrected chi connectivity index (χ2v) is 5.92. The third kappa shape index (κ3) is 3.20. The van der Waals surface area contributed by atoms with E-state index in [1.54, 1.807) is 6.07 Å². The Bertz CT molecular complexity index is 769. The summed E-state index contributed by atoms with van der Waals surface area (Å²) in [6, 6.07) is 15.2. The van der Waals surface area contributed by atoms with Gasteiger partial charge in [0.25, 0.3) is 11.1 Å². The molecule has 0 radical (unpaired) electrons. The fourth-order valence-corrected chi connectivity index (χ4v) is 2.90. The Hall–Kier alpha value is -2.53. The van der Waals surface area contributed by atoms with Crippen molar-refractivity contribution >= 4 is 29.0 Å². The van der Waals surface area contributed by atoms with Crippen LogP contribution in [0.15, 0.2) is 53.4 Å². The van der Waals surface area contributed by atoms with Gasteiger partial charge in [-0.15, -0.1) is 0 Å². The van der Waals surface area contributed by atoms with E-state index in [0.717, 1.165) is 29.3 Å². The molecule has 2 amide bonds. The Morgan fingerprint density at radius 2 is 1.82 bits per heavy atom. The quantitative estimate of drug-likeness (QED) is 0.854. The lowest BCUT2D eigenvalue weighted by Crippen LogP contribution is -2.17. The van der Waals surface area contributed by atoms with E-state index in [1.807, 2.05) is 42.5 Å². The number of thioether (sulfide) groups is 1. The maximum Gasteiger partial charge on any atom is 0.290 e. The number of aromatic hydroxyl groups is 1. The van der Waals surface area contributed by atoms with Gasteiger partial charge in [-0.05, 0) is 47.5 Å². The van der Waals surface area contributed by atoms with Gasteiger partial charge < -0.3 is 5.11 Å². The molecule has 3 rings (SSSR count). The monoisotopic (exact) mass is 311 g/mol. The number of hydrogen-bond donors (Lipinski definition) is 2. The molecule has 1 aliphatic heterocycles. The summed E-state index contributed by atoms with van der Waals surface area (Å²) in [7, 11) is 0. The molecule has 110 valence electrons. The Balaban J connectivity index is 1.89. The third-order valence-corrected chi connectivity index (χ3v) is 4.08. The van der Waals surface area contributed by atoms with E-state index in [-0.39, 0.29) is 10.7 Å². The van der Waals surface area contributed by atoms with Gasteiger partial charge in [0.1, 0.15) is 5.75 Å². The number of benzene rings is 2. The normalized spacial score (nSPS) is 16.1. The van der Waals surface area contributed by atoms with Crippen LogP contribution < -0.4 is 5.32 Å². The highest BCUT2D eigenvalue weighted by Gasteiger charge is 2.25. The SMILES string of the molecule is O=C1NC(=O)/C(=C/c2cc(Cc3ccccc3)ccc2O)S1. The smallest absolute Gasteiger partial charge is 0.290 e. The predicted octanol–water partition coefficient (Wildman–Crippen LogP) is 3.31. The van der Waals surface area contributed by atoms with E-state index in [0.29, 0.717) is 5.56 Å². The zero-order valence-corrected chi connectivity index (χ0v) is 12.4. The number of rotatable bonds is 3. The largest absolute Gasteiger partial charge is 0.507 e. The van der Waals surface area contributed by atoms with Crippen molar-refractivity contribution in [2.45, 2.75) is 6.42 Å². The number of carbonyl (C=O) groups excluding carboxylic acids is 2. The van der Waals surface area contributed by atoms with Crippen molar-refractivity contribution in [3.05, 3.63) is 70.1 Å². The number of hydrogen-bond acceptors (Lipinski definition) is 4. The highest BCUT2D eigenvalue weighted by atomic mass is 32.2. The lowest BCUT2D eigenvalue weighted by molar-refractivity contribution is -0.115. The highest BCUT2D eigenvalue weighted by molar-refractivity contribution is 8.18. The number of phenols is 1. The summed E-state index contributed by atoms with van der Waals surface area (Å²) in [4.78, 5) is 23.0. The van der Waals surface area contributed by atoms with Crippen LogP contribution in [0.25, 0.3) is 6.08 Å². The summed E-state index contributed by atoms with van der Waals surface area (Å²) in [6.45, 7) is 0. The second kappa shape index (κ2) is 6.07. The molecule has 0 atom stereocenters. The number of phenolic OH excluding ortho intramolecular Hbond substituents is 1. The highest BCUT2D eigenvalue weighted by Crippen LogP contribution is 2.29. The van der Waals surface area contributed by atoms with Crippen LogP contribution in [0.3, 0.4) is 0 Å². The zero-order valence-electron chi connectivity index (χ0n) is 11.6. The lowest BCUT2D eigenvalue weighted by atomic mass is 10.0. The summed E-state index contributed by atoms with van der Waals surface area (Å²) in [5, 5.41) is 11.7. The van der Waals surface area contributed by atoms with Gasteiger partial charge in [0.05, 0.1) is 4.91 Å². The molecule has 1 heterocycles. The summed E-state index contributed by atoms with van der Waals surface area (Å²) < 4.78 is 0. The topological polar surface area (TPSA) is 66.4 Å². The van der Waals surface area contributed by atoms with Crippen molar-refractivity contribution in [2.24, 2.45) is 0 Å². The molecular weight excluding hydrogens is 298 g/mol. The molecule has 4 nitrogen and oxygen atoms in total. The molecule has 1 aliphatic rings. The van der Waals surface area contributed by atoms with Gasteiger partial charge in [0.2, 0.25) is 0 Å². The van der Waals surface area contributed by atoms with Crippen LogP contribution in [-0.2, 0) is 11.2 Å². The number of amides is 2. The maximum absolute atomic E-state index is 11.6. The van der Waals surface area contributed by atoms with Crippen LogP contribution in [0.5, 0.6) is 5.75 Å². The number of nitrogens with one attached hydrogen (secondary N) is 1. The first-order valence-electron chi connectivity index (χ1n) is 6.72. The Morgan fingerprint density at radius 3 is 2.50 bits per heavy atom. The van der Waals surface area contributed by atoms with Crippen LogP contribution in [0, 0.1) is 0 Å². The molecule has 0 aliphatic carbocycles. The average Bonchev–Trinajstić information content (AvgIpc) is 2.81. The van der Waals surface area contributed by atoms with Crippen LogP contribution in [0.4, 0.5) is 4.79 Å². The molecule has 0 aromatic heterocycles. The van der Waals surface area contributed by atoms with Gasteiger partial charge in [-0.1, -0.05) is 36.4 Å². The molecular formula is C17H13NO3S. The van der Waals surface area contributed by atoms with Gasteiger partial charge in [-0.25, -0.2) is 0 Å². The first-order valence-corrected chi connectivity index (χ1v) is 7.54. The van der Waals surface area contributed by atoms with Crippen molar-refractivity contribution in [1.82, 2.24) is 5.32 Å². The summed E-state index contributed by atoms with van der Waals surface area (Å²) >= 11 is 0.837. The number of carbonyl (C=O) groups is 2. The summed E-state index contributed by atoms with van der Waals surface area (Å²) in [6.07, 6.45) is 2.27. The van der Waals surface area contributed by atoms with E-state index in [2.05, 4.69) is 5.32 Å². The Morgan fingerprint density at radius 1 is 1.05 bits per heavy atom. The molecule has 1 fully saturated rings. The fourth-order valence-electron chi connectivity index (χ4n) is 2.22. The van der Waals surface area contributed by atoms with Gasteiger partial charge in [0.15, 0.2) is 0 Å². The van der Waals surface area contributed by atoms with Gasteiger partial charge in [-0.2, -0.15) is 0 Å². The summed E-state index contributed by atoms with van der Waals surface area (Å²) in [5.41, 5.74) is 2.71. The van der Waals surface area contributed by atoms with Crippen LogP contribution >= 0.6 is 11.8 Å². The van der Waals surface area contributed by atoms with E-state index >= 15 is 0 Å². The fraction of sp³-hybridized carbons (Fsp3) is 0.0588. The zero-order chi connectivity index (χ0) is 15.5. The Kier molecular flexibility index (Phi) is 3.98. The molecule has 0 bridgehead atoms. The second-order valence-electron chi connectivity index (χ2n) is 4.91. The van der Waals surface area contributed by atoms with Crippen molar-refractivity contribution in [3.8, 4) is 5.75 Å². The minimum atomic E-state index is -0.428. The van der Waals surface area contributed by atoms with E-state index in [4.69, 9.17) is 0 Å². The standard InChI is InChI=1S/C17H13NO3S/c19-14-7-6-12(8-11-4-2-1-3-5-11)9-13(14)10-15-16(20)18-17(21)22-15/h1-7,9-10,19H,8H2,(H,18,20,21)/b15-10-. The predicted molar refractivity (Wildman–Crippen MR) is 86.5 cm³/mol. The first kappa shape index (κ1) is 14.4. The van der Waals surface area contributed by atoms with E-state index < -0.39 is 11.1 Å². The third-order valence-electron chi connectivity index (χ3n) is 3.27. The van der Waals surface area contributed by atoms with Crippen molar-refractivity contribution in [1.29, 1.82) is 0 Å². The van der Waals surface area contributed by atoms with E-state index in [9.17, 15) is 14.7 Å². The van der Waals surface area contributed by atoms with Gasteiger partial charge in [-0.3, -0.25) is 14.9 Å². The lowest BCUT2D eigenvalue weighted by Gasteiger charge is -2.06. The molecule has 0 spiro atoms. The van der Waals surface area contributed by atoms with Crippen LogP contribution in [-0.4, -0.2) is 16.3 Å². The molecule has 5 heteroatoms.